The van der Waals surface area contributed by atoms with E-state index in [0.717, 1.165) is 19.6 Å². The minimum atomic E-state index is 0.571. The van der Waals surface area contributed by atoms with Gasteiger partial charge in [-0.3, -0.25) is 0 Å². The SMILES string of the molecule is CC(NCCCOC1CCCCC1)C1(C)CC1. The van der Waals surface area contributed by atoms with Crippen LogP contribution >= 0.6 is 0 Å². The maximum Gasteiger partial charge on any atom is 0.0575 e. The number of hydrogen-bond acceptors (Lipinski definition) is 2. The summed E-state index contributed by atoms with van der Waals surface area (Å²) in [4.78, 5) is 0. The zero-order valence-corrected chi connectivity index (χ0v) is 11.6. The molecule has 1 unspecified atom stereocenters. The van der Waals surface area contributed by atoms with Gasteiger partial charge in [-0.05, 0) is 51.0 Å². The van der Waals surface area contributed by atoms with Crippen molar-refractivity contribution in [2.75, 3.05) is 13.2 Å². The molecule has 2 aliphatic rings. The minimum absolute atomic E-state index is 0.571. The molecule has 0 saturated heterocycles. The molecular weight excluding hydrogens is 210 g/mol. The molecular formula is C15H29NO. The number of rotatable bonds is 7. The molecule has 0 amide bonds. The quantitative estimate of drug-likeness (QED) is 0.687. The summed E-state index contributed by atoms with van der Waals surface area (Å²) in [6, 6.07) is 0.678. The van der Waals surface area contributed by atoms with Gasteiger partial charge in [-0.1, -0.05) is 26.2 Å². The highest BCUT2D eigenvalue weighted by Gasteiger charge is 2.41. The zero-order valence-electron chi connectivity index (χ0n) is 11.6. The Morgan fingerprint density at radius 3 is 2.59 bits per heavy atom. The third-order valence-electron chi connectivity index (χ3n) is 4.76. The summed E-state index contributed by atoms with van der Waals surface area (Å²) in [5.74, 6) is 0. The van der Waals surface area contributed by atoms with E-state index < -0.39 is 0 Å². The van der Waals surface area contributed by atoms with E-state index in [4.69, 9.17) is 4.74 Å². The van der Waals surface area contributed by atoms with Crippen LogP contribution in [0, 0.1) is 5.41 Å². The van der Waals surface area contributed by atoms with Crippen molar-refractivity contribution in [1.29, 1.82) is 0 Å². The summed E-state index contributed by atoms with van der Waals surface area (Å²) in [5.41, 5.74) is 0.601. The van der Waals surface area contributed by atoms with Crippen LogP contribution < -0.4 is 5.32 Å². The molecule has 2 heteroatoms. The van der Waals surface area contributed by atoms with Gasteiger partial charge in [0.1, 0.15) is 0 Å². The van der Waals surface area contributed by atoms with Gasteiger partial charge < -0.3 is 10.1 Å². The molecule has 0 heterocycles. The first-order chi connectivity index (χ1) is 8.21. The summed E-state index contributed by atoms with van der Waals surface area (Å²) in [5, 5.41) is 3.64. The van der Waals surface area contributed by atoms with Crippen LogP contribution in [-0.2, 0) is 4.74 Å². The van der Waals surface area contributed by atoms with Crippen LogP contribution in [0.1, 0.15) is 65.2 Å². The Hall–Kier alpha value is -0.0800. The van der Waals surface area contributed by atoms with Gasteiger partial charge in [-0.25, -0.2) is 0 Å². The molecule has 0 aliphatic heterocycles. The van der Waals surface area contributed by atoms with Gasteiger partial charge in [0.15, 0.2) is 0 Å². The lowest BCUT2D eigenvalue weighted by Crippen LogP contribution is -2.34. The molecule has 2 nitrogen and oxygen atoms in total. The smallest absolute Gasteiger partial charge is 0.0575 e. The molecule has 100 valence electrons. The van der Waals surface area contributed by atoms with E-state index in [2.05, 4.69) is 19.2 Å². The lowest BCUT2D eigenvalue weighted by molar-refractivity contribution is 0.0269. The van der Waals surface area contributed by atoms with Crippen LogP contribution in [0.5, 0.6) is 0 Å². The van der Waals surface area contributed by atoms with Crippen molar-refractivity contribution in [2.45, 2.75) is 77.4 Å². The second kappa shape index (κ2) is 6.19. The predicted octanol–water partition coefficient (Wildman–Crippen LogP) is 3.50. The van der Waals surface area contributed by atoms with Crippen molar-refractivity contribution in [1.82, 2.24) is 5.32 Å². The average molecular weight is 239 g/mol. The van der Waals surface area contributed by atoms with Gasteiger partial charge in [0, 0.05) is 12.6 Å². The molecule has 1 N–H and O–H groups in total. The van der Waals surface area contributed by atoms with Gasteiger partial charge >= 0.3 is 0 Å². The number of ether oxygens (including phenoxy) is 1. The first-order valence-corrected chi connectivity index (χ1v) is 7.56. The Labute approximate surface area is 107 Å². The van der Waals surface area contributed by atoms with Crippen LogP contribution in [0.3, 0.4) is 0 Å². The normalized spacial score (nSPS) is 25.8. The lowest BCUT2D eigenvalue weighted by Gasteiger charge is -2.23. The first kappa shape index (κ1) is 13.4. The summed E-state index contributed by atoms with van der Waals surface area (Å²) < 4.78 is 5.93. The number of nitrogens with one attached hydrogen (secondary N) is 1. The van der Waals surface area contributed by atoms with E-state index >= 15 is 0 Å². The summed E-state index contributed by atoms with van der Waals surface area (Å²) in [7, 11) is 0. The highest BCUT2D eigenvalue weighted by molar-refractivity contribution is 4.96. The largest absolute Gasteiger partial charge is 0.378 e. The monoisotopic (exact) mass is 239 g/mol. The Morgan fingerprint density at radius 2 is 1.94 bits per heavy atom. The molecule has 2 aliphatic carbocycles. The third kappa shape index (κ3) is 4.26. The van der Waals surface area contributed by atoms with Crippen molar-refractivity contribution in [2.24, 2.45) is 5.41 Å². The predicted molar refractivity (Wildman–Crippen MR) is 72.2 cm³/mol. The lowest BCUT2D eigenvalue weighted by atomic mass is 9.98. The van der Waals surface area contributed by atoms with E-state index in [1.807, 2.05) is 0 Å². The second-order valence-electron chi connectivity index (χ2n) is 6.31. The average Bonchev–Trinajstić information content (AvgIpc) is 3.09. The van der Waals surface area contributed by atoms with Crippen molar-refractivity contribution in [3.8, 4) is 0 Å². The van der Waals surface area contributed by atoms with Crippen LogP contribution in [0.15, 0.2) is 0 Å². The summed E-state index contributed by atoms with van der Waals surface area (Å²) in [6.45, 7) is 6.78. The molecule has 1 atom stereocenters. The standard InChI is InChI=1S/C15H29NO/c1-13(15(2)9-10-15)16-11-6-12-17-14-7-4-3-5-8-14/h13-14,16H,3-12H2,1-2H3. The van der Waals surface area contributed by atoms with Gasteiger partial charge in [0.25, 0.3) is 0 Å². The molecule has 0 bridgehead atoms. The van der Waals surface area contributed by atoms with E-state index in [9.17, 15) is 0 Å². The van der Waals surface area contributed by atoms with E-state index in [-0.39, 0.29) is 0 Å². The molecule has 0 aromatic rings. The van der Waals surface area contributed by atoms with Crippen LogP contribution in [0.4, 0.5) is 0 Å². The molecule has 17 heavy (non-hydrogen) atoms. The first-order valence-electron chi connectivity index (χ1n) is 7.56. The fourth-order valence-electron chi connectivity index (χ4n) is 2.75. The zero-order chi connectivity index (χ0) is 12.1. The fourth-order valence-corrected chi connectivity index (χ4v) is 2.75. The highest BCUT2D eigenvalue weighted by Crippen LogP contribution is 2.47. The number of hydrogen-bond donors (Lipinski definition) is 1. The van der Waals surface area contributed by atoms with Crippen molar-refractivity contribution >= 4 is 0 Å². The van der Waals surface area contributed by atoms with Crippen molar-refractivity contribution in [3.05, 3.63) is 0 Å². The fraction of sp³-hybridized carbons (Fsp3) is 1.00. The minimum Gasteiger partial charge on any atom is -0.378 e. The Bertz CT molecular complexity index is 219. The molecule has 2 saturated carbocycles. The van der Waals surface area contributed by atoms with Crippen LogP contribution in [0.2, 0.25) is 0 Å². The molecule has 2 rings (SSSR count). The van der Waals surface area contributed by atoms with E-state index in [1.165, 1.54) is 44.9 Å². The maximum atomic E-state index is 5.93. The van der Waals surface area contributed by atoms with Crippen LogP contribution in [0.25, 0.3) is 0 Å². The van der Waals surface area contributed by atoms with Crippen molar-refractivity contribution < 1.29 is 4.74 Å². The molecule has 0 aromatic carbocycles. The van der Waals surface area contributed by atoms with Gasteiger partial charge in [-0.15, -0.1) is 0 Å². The highest BCUT2D eigenvalue weighted by atomic mass is 16.5. The third-order valence-corrected chi connectivity index (χ3v) is 4.76. The Morgan fingerprint density at radius 1 is 1.24 bits per heavy atom. The van der Waals surface area contributed by atoms with Gasteiger partial charge in [-0.2, -0.15) is 0 Å². The van der Waals surface area contributed by atoms with E-state index in [1.54, 1.807) is 0 Å². The maximum absolute atomic E-state index is 5.93. The second-order valence-corrected chi connectivity index (χ2v) is 6.31. The summed E-state index contributed by atoms with van der Waals surface area (Å²) >= 11 is 0. The molecule has 0 spiro atoms. The van der Waals surface area contributed by atoms with Gasteiger partial charge in [0.2, 0.25) is 0 Å². The molecule has 0 radical (unpaired) electrons. The van der Waals surface area contributed by atoms with Crippen LogP contribution in [-0.4, -0.2) is 25.3 Å². The van der Waals surface area contributed by atoms with E-state index in [0.29, 0.717) is 17.6 Å². The summed E-state index contributed by atoms with van der Waals surface area (Å²) in [6.07, 6.45) is 11.3. The molecule has 0 aromatic heterocycles. The van der Waals surface area contributed by atoms with Crippen molar-refractivity contribution in [3.63, 3.8) is 0 Å². The Kier molecular flexibility index (Phi) is 4.87. The van der Waals surface area contributed by atoms with Gasteiger partial charge in [0.05, 0.1) is 6.10 Å². The topological polar surface area (TPSA) is 21.3 Å². The Balaban J connectivity index is 1.46. The molecule has 2 fully saturated rings.